The van der Waals surface area contributed by atoms with Crippen molar-refractivity contribution in [2.45, 2.75) is 6.18 Å². The number of hydrogen-bond donors (Lipinski definition) is 1. The van der Waals surface area contributed by atoms with Gasteiger partial charge in [0.15, 0.2) is 0 Å². The van der Waals surface area contributed by atoms with E-state index in [0.717, 1.165) is 18.3 Å². The highest BCUT2D eigenvalue weighted by atomic mass is 19.4. The number of alkyl halides is 3. The molecule has 0 aliphatic carbocycles. The molecule has 0 spiro atoms. The highest BCUT2D eigenvalue weighted by Crippen LogP contribution is 2.31. The summed E-state index contributed by atoms with van der Waals surface area (Å²) >= 11 is 0. The van der Waals surface area contributed by atoms with Gasteiger partial charge in [0.2, 0.25) is 5.91 Å². The number of halogens is 3. The maximum Gasteiger partial charge on any atom is 0.416 e. The summed E-state index contributed by atoms with van der Waals surface area (Å²) in [7, 11) is 0. The van der Waals surface area contributed by atoms with Crippen LogP contribution in [0.4, 0.5) is 13.2 Å². The minimum absolute atomic E-state index is 0.137. The zero-order valence-corrected chi connectivity index (χ0v) is 9.61. The molecule has 2 rings (SSSR count). The number of hydrogen-bond acceptors (Lipinski definition) is 2. The summed E-state index contributed by atoms with van der Waals surface area (Å²) in [6.07, 6.45) is -3.35. The minimum Gasteiger partial charge on any atom is -0.366 e. The predicted molar refractivity (Wildman–Crippen MR) is 63.2 cm³/mol. The van der Waals surface area contributed by atoms with Crippen LogP contribution in [0.5, 0.6) is 0 Å². The van der Waals surface area contributed by atoms with E-state index in [0.29, 0.717) is 5.56 Å². The molecule has 1 heterocycles. The Balaban J connectivity index is 2.48. The van der Waals surface area contributed by atoms with Gasteiger partial charge in [-0.15, -0.1) is 0 Å². The van der Waals surface area contributed by atoms with Gasteiger partial charge < -0.3 is 5.73 Å². The number of nitrogens with two attached hydrogens (primary N) is 1. The van der Waals surface area contributed by atoms with E-state index in [9.17, 15) is 18.0 Å². The lowest BCUT2D eigenvalue weighted by Crippen LogP contribution is -2.10. The molecular weight excluding hydrogens is 257 g/mol. The van der Waals surface area contributed by atoms with Crippen molar-refractivity contribution < 1.29 is 18.0 Å². The lowest BCUT2D eigenvalue weighted by molar-refractivity contribution is -0.137. The number of primary amides is 1. The van der Waals surface area contributed by atoms with Crippen LogP contribution < -0.4 is 5.73 Å². The lowest BCUT2D eigenvalue weighted by Gasteiger charge is -2.08. The summed E-state index contributed by atoms with van der Waals surface area (Å²) in [5, 5.41) is 0. The molecule has 0 atom stereocenters. The van der Waals surface area contributed by atoms with Crippen molar-refractivity contribution in [3.05, 3.63) is 53.7 Å². The average Bonchev–Trinajstić information content (AvgIpc) is 2.38. The second kappa shape index (κ2) is 4.72. The number of aromatic nitrogens is 1. The maximum atomic E-state index is 12.6. The third kappa shape index (κ3) is 2.90. The smallest absolute Gasteiger partial charge is 0.366 e. The molecule has 0 saturated carbocycles. The number of amides is 1. The third-order valence-electron chi connectivity index (χ3n) is 2.53. The maximum absolute atomic E-state index is 12.6. The Morgan fingerprint density at radius 3 is 2.53 bits per heavy atom. The van der Waals surface area contributed by atoms with Crippen molar-refractivity contribution in [3.8, 4) is 11.3 Å². The molecule has 0 radical (unpaired) electrons. The van der Waals surface area contributed by atoms with E-state index in [1.54, 1.807) is 6.07 Å². The fourth-order valence-corrected chi connectivity index (χ4v) is 1.60. The van der Waals surface area contributed by atoms with Gasteiger partial charge in [-0.2, -0.15) is 13.2 Å². The Morgan fingerprint density at radius 1 is 1.16 bits per heavy atom. The molecule has 3 nitrogen and oxygen atoms in total. The van der Waals surface area contributed by atoms with Crippen molar-refractivity contribution in [3.63, 3.8) is 0 Å². The lowest BCUT2D eigenvalue weighted by atomic mass is 10.1. The van der Waals surface area contributed by atoms with Crippen LogP contribution in [0.3, 0.4) is 0 Å². The van der Waals surface area contributed by atoms with Crippen molar-refractivity contribution in [1.82, 2.24) is 4.98 Å². The first-order valence-corrected chi connectivity index (χ1v) is 5.31. The number of carbonyl (C=O) groups excluding carboxylic acids is 1. The van der Waals surface area contributed by atoms with E-state index in [-0.39, 0.29) is 11.3 Å². The third-order valence-corrected chi connectivity index (χ3v) is 2.53. The first-order chi connectivity index (χ1) is 8.88. The van der Waals surface area contributed by atoms with Crippen LogP contribution in [0.25, 0.3) is 11.3 Å². The molecule has 0 saturated heterocycles. The fourth-order valence-electron chi connectivity index (χ4n) is 1.60. The Labute approximate surface area is 106 Å². The van der Waals surface area contributed by atoms with Gasteiger partial charge in [0.25, 0.3) is 0 Å². The number of nitrogens with zero attached hydrogens (tertiary/aromatic N) is 1. The van der Waals surface area contributed by atoms with Crippen LogP contribution in [0, 0.1) is 0 Å². The second-order valence-electron chi connectivity index (χ2n) is 3.87. The Kier molecular flexibility index (Phi) is 3.25. The number of pyridine rings is 1. The number of rotatable bonds is 2. The largest absolute Gasteiger partial charge is 0.416 e. The van der Waals surface area contributed by atoms with E-state index in [1.807, 2.05) is 0 Å². The van der Waals surface area contributed by atoms with Crippen LogP contribution >= 0.6 is 0 Å². The van der Waals surface area contributed by atoms with Crippen LogP contribution in [0.1, 0.15) is 15.9 Å². The summed E-state index contributed by atoms with van der Waals surface area (Å²) in [5.74, 6) is -0.645. The van der Waals surface area contributed by atoms with Gasteiger partial charge in [0.05, 0.1) is 11.3 Å². The molecule has 2 aromatic rings. The first-order valence-electron chi connectivity index (χ1n) is 5.31. The number of benzene rings is 1. The monoisotopic (exact) mass is 266 g/mol. The van der Waals surface area contributed by atoms with Gasteiger partial charge in [-0.25, -0.2) is 0 Å². The standard InChI is InChI=1S/C13H9F3N2O/c14-13(15,16)10-4-5-18-11(7-10)8-2-1-3-9(6-8)12(17)19/h1-7H,(H2,17,19). The fraction of sp³-hybridized carbons (Fsp3) is 0.0769. The molecule has 0 aliphatic rings. The van der Waals surface area contributed by atoms with Gasteiger partial charge in [0.1, 0.15) is 0 Å². The van der Waals surface area contributed by atoms with E-state index in [1.165, 1.54) is 18.2 Å². The molecule has 1 aromatic carbocycles. The Morgan fingerprint density at radius 2 is 1.89 bits per heavy atom. The van der Waals surface area contributed by atoms with Gasteiger partial charge in [0, 0.05) is 17.3 Å². The van der Waals surface area contributed by atoms with Gasteiger partial charge in [-0.05, 0) is 24.3 Å². The molecule has 0 fully saturated rings. The predicted octanol–water partition coefficient (Wildman–Crippen LogP) is 2.87. The normalized spacial score (nSPS) is 11.3. The summed E-state index contributed by atoms with van der Waals surface area (Å²) < 4.78 is 37.8. The summed E-state index contributed by atoms with van der Waals surface area (Å²) in [6, 6.07) is 7.82. The van der Waals surface area contributed by atoms with Crippen LogP contribution in [-0.2, 0) is 6.18 Å². The summed E-state index contributed by atoms with van der Waals surface area (Å²) in [6.45, 7) is 0. The summed E-state index contributed by atoms with van der Waals surface area (Å²) in [4.78, 5) is 14.9. The zero-order valence-electron chi connectivity index (χ0n) is 9.61. The molecule has 1 aromatic heterocycles. The minimum atomic E-state index is -4.43. The molecule has 0 bridgehead atoms. The van der Waals surface area contributed by atoms with Crippen molar-refractivity contribution in [1.29, 1.82) is 0 Å². The number of carbonyl (C=O) groups is 1. The van der Waals surface area contributed by atoms with Gasteiger partial charge in [-0.1, -0.05) is 12.1 Å². The molecule has 0 aliphatic heterocycles. The highest BCUT2D eigenvalue weighted by Gasteiger charge is 2.30. The quantitative estimate of drug-likeness (QED) is 0.908. The molecule has 19 heavy (non-hydrogen) atoms. The van der Waals surface area contributed by atoms with Crippen molar-refractivity contribution >= 4 is 5.91 Å². The van der Waals surface area contributed by atoms with E-state index in [2.05, 4.69) is 4.98 Å². The zero-order chi connectivity index (χ0) is 14.0. The van der Waals surface area contributed by atoms with Crippen LogP contribution in [0.2, 0.25) is 0 Å². The molecule has 2 N–H and O–H groups in total. The van der Waals surface area contributed by atoms with Crippen LogP contribution in [0.15, 0.2) is 42.6 Å². The first kappa shape index (κ1) is 13.1. The summed E-state index contributed by atoms with van der Waals surface area (Å²) in [5.41, 5.74) is 5.09. The highest BCUT2D eigenvalue weighted by molar-refractivity contribution is 5.93. The molecule has 6 heteroatoms. The van der Waals surface area contributed by atoms with Crippen molar-refractivity contribution in [2.24, 2.45) is 5.73 Å². The molecule has 1 amide bonds. The molecule has 0 unspecified atom stereocenters. The van der Waals surface area contributed by atoms with Crippen molar-refractivity contribution in [2.75, 3.05) is 0 Å². The molecular formula is C13H9F3N2O. The SMILES string of the molecule is NC(=O)c1cccc(-c2cc(C(F)(F)F)ccn2)c1. The topological polar surface area (TPSA) is 56.0 Å². The second-order valence-corrected chi connectivity index (χ2v) is 3.87. The van der Waals surface area contributed by atoms with Gasteiger partial charge >= 0.3 is 6.18 Å². The Hall–Kier alpha value is -2.37. The van der Waals surface area contributed by atoms with Crippen LogP contribution in [-0.4, -0.2) is 10.9 Å². The Bertz CT molecular complexity index is 623. The molecule has 98 valence electrons. The van der Waals surface area contributed by atoms with E-state index >= 15 is 0 Å². The average molecular weight is 266 g/mol. The van der Waals surface area contributed by atoms with E-state index < -0.39 is 17.6 Å². The van der Waals surface area contributed by atoms with Gasteiger partial charge in [-0.3, -0.25) is 9.78 Å². The van der Waals surface area contributed by atoms with E-state index in [4.69, 9.17) is 5.73 Å².